The summed E-state index contributed by atoms with van der Waals surface area (Å²) in [4.78, 5) is 18.2. The summed E-state index contributed by atoms with van der Waals surface area (Å²) in [6, 6.07) is 34.2. The third kappa shape index (κ3) is 4.97. The van der Waals surface area contributed by atoms with Gasteiger partial charge in [-0.2, -0.15) is 0 Å². The van der Waals surface area contributed by atoms with Gasteiger partial charge in [-0.1, -0.05) is 60.3 Å². The van der Waals surface area contributed by atoms with E-state index in [9.17, 15) is 4.79 Å². The van der Waals surface area contributed by atoms with Crippen LogP contribution in [0, 0.1) is 0 Å². The Morgan fingerprint density at radius 2 is 1.32 bits per heavy atom. The van der Waals surface area contributed by atoms with Crippen molar-refractivity contribution in [2.45, 2.75) is 5.16 Å². The molecule has 0 fully saturated rings. The minimum Gasteiger partial charge on any atom is -0.493 e. The van der Waals surface area contributed by atoms with Crippen LogP contribution in [0.4, 0.5) is 0 Å². The van der Waals surface area contributed by atoms with E-state index in [0.717, 1.165) is 17.2 Å². The first-order chi connectivity index (χ1) is 16.8. The van der Waals surface area contributed by atoms with Crippen molar-refractivity contribution in [1.29, 1.82) is 0 Å². The van der Waals surface area contributed by atoms with Crippen molar-refractivity contribution in [2.75, 3.05) is 12.4 Å². The van der Waals surface area contributed by atoms with Crippen molar-refractivity contribution in [1.82, 2.24) is 9.55 Å². The molecular formula is C28H22N2O3S. The first-order valence-electron chi connectivity index (χ1n) is 10.9. The van der Waals surface area contributed by atoms with Gasteiger partial charge in [-0.3, -0.25) is 9.36 Å². The molecule has 0 spiro atoms. The number of rotatable bonds is 8. The summed E-state index contributed by atoms with van der Waals surface area (Å²) in [5, 5.41) is 1.20. The molecule has 0 saturated carbocycles. The summed E-state index contributed by atoms with van der Waals surface area (Å²) in [5.74, 6) is 2.92. The molecule has 1 heterocycles. The topological polar surface area (TPSA) is 53.3 Å². The Labute approximate surface area is 201 Å². The predicted molar refractivity (Wildman–Crippen MR) is 137 cm³/mol. The number of aromatic nitrogens is 2. The third-order valence-electron chi connectivity index (χ3n) is 5.15. The van der Waals surface area contributed by atoms with Gasteiger partial charge < -0.3 is 9.47 Å². The fourth-order valence-corrected chi connectivity index (χ4v) is 4.36. The van der Waals surface area contributed by atoms with E-state index in [2.05, 4.69) is 0 Å². The van der Waals surface area contributed by atoms with Crippen LogP contribution in [0.5, 0.6) is 17.2 Å². The molecule has 0 aliphatic carbocycles. The van der Waals surface area contributed by atoms with Crippen LogP contribution in [0.15, 0.2) is 119 Å². The average molecular weight is 467 g/mol. The van der Waals surface area contributed by atoms with E-state index in [1.54, 1.807) is 10.6 Å². The van der Waals surface area contributed by atoms with Crippen LogP contribution in [0.3, 0.4) is 0 Å². The lowest BCUT2D eigenvalue weighted by Crippen LogP contribution is -2.22. The second-order valence-electron chi connectivity index (χ2n) is 7.47. The van der Waals surface area contributed by atoms with E-state index in [-0.39, 0.29) is 5.56 Å². The summed E-state index contributed by atoms with van der Waals surface area (Å²) in [5.41, 5.74) is 1.31. The number of thioether (sulfide) groups is 1. The molecule has 0 unspecified atom stereocenters. The monoisotopic (exact) mass is 466 g/mol. The molecule has 0 radical (unpaired) electrons. The Morgan fingerprint density at radius 1 is 0.706 bits per heavy atom. The maximum absolute atomic E-state index is 13.4. The van der Waals surface area contributed by atoms with Gasteiger partial charge in [0.05, 0.1) is 23.2 Å². The molecular weight excluding hydrogens is 444 g/mol. The molecule has 168 valence electrons. The number of para-hydroxylation sites is 3. The highest BCUT2D eigenvalue weighted by molar-refractivity contribution is 7.99. The predicted octanol–water partition coefficient (Wildman–Crippen LogP) is 6.35. The van der Waals surface area contributed by atoms with Gasteiger partial charge in [-0.05, 0) is 60.7 Å². The van der Waals surface area contributed by atoms with E-state index >= 15 is 0 Å². The maximum atomic E-state index is 13.4. The maximum Gasteiger partial charge on any atom is 0.266 e. The zero-order valence-electron chi connectivity index (χ0n) is 18.3. The quantitative estimate of drug-likeness (QED) is 0.152. The fraction of sp³-hybridized carbons (Fsp3) is 0.0714. The number of fused-ring (bicyclic) bond motifs is 1. The van der Waals surface area contributed by atoms with Crippen molar-refractivity contribution < 1.29 is 9.47 Å². The van der Waals surface area contributed by atoms with E-state index in [4.69, 9.17) is 14.5 Å². The number of hydrogen-bond acceptors (Lipinski definition) is 5. The highest BCUT2D eigenvalue weighted by Crippen LogP contribution is 2.25. The lowest BCUT2D eigenvalue weighted by atomic mass is 10.2. The molecule has 0 atom stereocenters. The van der Waals surface area contributed by atoms with Crippen molar-refractivity contribution >= 4 is 22.7 Å². The second-order valence-corrected chi connectivity index (χ2v) is 8.53. The van der Waals surface area contributed by atoms with Crippen LogP contribution < -0.4 is 15.0 Å². The van der Waals surface area contributed by atoms with E-state index in [1.165, 1.54) is 11.8 Å². The minimum absolute atomic E-state index is 0.103. The molecule has 0 bridgehead atoms. The molecule has 5 aromatic rings. The standard InChI is InChI=1S/C28H22N2O3S/c31-27-25-13-7-8-14-26(25)29-28(34-20-19-32-22-9-3-1-4-10-22)30(27)21-15-17-24(18-16-21)33-23-11-5-2-6-12-23/h1-18H,19-20H2. The summed E-state index contributed by atoms with van der Waals surface area (Å²) in [7, 11) is 0. The number of ether oxygens (including phenoxy) is 2. The number of benzene rings is 4. The molecule has 0 N–H and O–H groups in total. The van der Waals surface area contributed by atoms with E-state index < -0.39 is 0 Å². The van der Waals surface area contributed by atoms with E-state index in [1.807, 2.05) is 103 Å². The van der Waals surface area contributed by atoms with Crippen LogP contribution in [-0.2, 0) is 0 Å². The molecule has 5 nitrogen and oxygen atoms in total. The van der Waals surface area contributed by atoms with Gasteiger partial charge in [0, 0.05) is 5.75 Å². The van der Waals surface area contributed by atoms with Gasteiger partial charge in [-0.15, -0.1) is 0 Å². The molecule has 0 saturated heterocycles. The Kier molecular flexibility index (Phi) is 6.59. The molecule has 0 amide bonds. The van der Waals surface area contributed by atoms with Crippen LogP contribution in [0.1, 0.15) is 0 Å². The number of hydrogen-bond donors (Lipinski definition) is 0. The number of nitrogens with zero attached hydrogens (tertiary/aromatic N) is 2. The highest BCUT2D eigenvalue weighted by atomic mass is 32.2. The summed E-state index contributed by atoms with van der Waals surface area (Å²) in [6.07, 6.45) is 0. The average Bonchev–Trinajstić information content (AvgIpc) is 2.89. The first-order valence-corrected chi connectivity index (χ1v) is 11.9. The zero-order valence-corrected chi connectivity index (χ0v) is 19.2. The van der Waals surface area contributed by atoms with Crippen LogP contribution >= 0.6 is 11.8 Å². The van der Waals surface area contributed by atoms with Crippen molar-refractivity contribution in [3.8, 4) is 22.9 Å². The fourth-order valence-electron chi connectivity index (χ4n) is 3.53. The smallest absolute Gasteiger partial charge is 0.266 e. The van der Waals surface area contributed by atoms with Gasteiger partial charge in [0.15, 0.2) is 5.16 Å². The normalized spacial score (nSPS) is 10.8. The van der Waals surface area contributed by atoms with Crippen LogP contribution in [0.2, 0.25) is 0 Å². The molecule has 34 heavy (non-hydrogen) atoms. The largest absolute Gasteiger partial charge is 0.493 e. The van der Waals surface area contributed by atoms with Gasteiger partial charge in [0.2, 0.25) is 0 Å². The zero-order chi connectivity index (χ0) is 23.2. The van der Waals surface area contributed by atoms with E-state index in [0.29, 0.717) is 34.2 Å². The van der Waals surface area contributed by atoms with Gasteiger partial charge >= 0.3 is 0 Å². The molecule has 5 rings (SSSR count). The Balaban J connectivity index is 1.41. The minimum atomic E-state index is -0.103. The molecule has 1 aromatic heterocycles. The third-order valence-corrected chi connectivity index (χ3v) is 6.05. The SMILES string of the molecule is O=c1c2ccccc2nc(SCCOc2ccccc2)n1-c1ccc(Oc2ccccc2)cc1. The highest BCUT2D eigenvalue weighted by Gasteiger charge is 2.13. The van der Waals surface area contributed by atoms with Gasteiger partial charge in [0.25, 0.3) is 5.56 Å². The van der Waals surface area contributed by atoms with Crippen LogP contribution in [-0.4, -0.2) is 21.9 Å². The first kappa shape index (κ1) is 21.8. The van der Waals surface area contributed by atoms with Gasteiger partial charge in [0.1, 0.15) is 17.2 Å². The summed E-state index contributed by atoms with van der Waals surface area (Å²) < 4.78 is 13.4. The Morgan fingerprint density at radius 3 is 2.06 bits per heavy atom. The van der Waals surface area contributed by atoms with Crippen molar-refractivity contribution in [3.63, 3.8) is 0 Å². The van der Waals surface area contributed by atoms with Crippen molar-refractivity contribution in [3.05, 3.63) is 120 Å². The Hall–Kier alpha value is -4.03. The molecule has 4 aromatic carbocycles. The lowest BCUT2D eigenvalue weighted by molar-refractivity contribution is 0.344. The van der Waals surface area contributed by atoms with Crippen molar-refractivity contribution in [2.24, 2.45) is 0 Å². The van der Waals surface area contributed by atoms with Crippen LogP contribution in [0.25, 0.3) is 16.6 Å². The summed E-state index contributed by atoms with van der Waals surface area (Å²) >= 11 is 1.49. The molecule has 6 heteroatoms. The summed E-state index contributed by atoms with van der Waals surface area (Å²) in [6.45, 7) is 0.501. The second kappa shape index (κ2) is 10.3. The Bertz CT molecular complexity index is 1440. The molecule has 0 aliphatic heterocycles. The lowest BCUT2D eigenvalue weighted by Gasteiger charge is -2.14. The molecule has 0 aliphatic rings. The van der Waals surface area contributed by atoms with Gasteiger partial charge in [-0.25, -0.2) is 4.98 Å².